The molecule has 2 aromatic rings. The largest absolute Gasteiger partial charge is 0.383 e. The van der Waals surface area contributed by atoms with Gasteiger partial charge in [0.15, 0.2) is 0 Å². The Morgan fingerprint density at radius 3 is 3.23 bits per heavy atom. The van der Waals surface area contributed by atoms with Gasteiger partial charge in [0.05, 0.1) is 6.54 Å². The van der Waals surface area contributed by atoms with Gasteiger partial charge in [-0.15, -0.1) is 0 Å². The highest BCUT2D eigenvalue weighted by Crippen LogP contribution is 2.10. The van der Waals surface area contributed by atoms with E-state index in [1.165, 1.54) is 5.69 Å². The quantitative estimate of drug-likeness (QED) is 0.805. The molecule has 0 saturated heterocycles. The van der Waals surface area contributed by atoms with Crippen molar-refractivity contribution in [2.24, 2.45) is 0 Å². The maximum atomic E-state index is 4.11. The summed E-state index contributed by atoms with van der Waals surface area (Å²) in [5, 5.41) is 11.6. The Kier molecular flexibility index (Phi) is 2.62. The van der Waals surface area contributed by atoms with Crippen molar-refractivity contribution in [3.8, 4) is 0 Å². The number of rotatable bonds is 4. The third-order valence-corrected chi connectivity index (χ3v) is 2.43. The van der Waals surface area contributed by atoms with Crippen molar-refractivity contribution in [3.63, 3.8) is 0 Å². The van der Waals surface area contributed by atoms with E-state index in [1.807, 2.05) is 16.9 Å². The van der Waals surface area contributed by atoms with E-state index in [1.54, 1.807) is 17.5 Å². The van der Waals surface area contributed by atoms with Gasteiger partial charge in [-0.2, -0.15) is 16.4 Å². The van der Waals surface area contributed by atoms with Gasteiger partial charge < -0.3 is 5.32 Å². The van der Waals surface area contributed by atoms with Gasteiger partial charge in [0, 0.05) is 30.0 Å². The predicted octanol–water partition coefficient (Wildman–Crippen LogP) is 2.06. The molecule has 1 N–H and O–H groups in total. The Bertz CT molecular complexity index is 291. The van der Waals surface area contributed by atoms with Crippen LogP contribution in [0, 0.1) is 0 Å². The summed E-state index contributed by atoms with van der Waals surface area (Å²) in [6, 6.07) is 4.01. The van der Waals surface area contributed by atoms with Crippen LogP contribution in [0.25, 0.3) is 0 Å². The molecule has 0 fully saturated rings. The van der Waals surface area contributed by atoms with Crippen molar-refractivity contribution in [2.45, 2.75) is 6.54 Å². The van der Waals surface area contributed by atoms with Gasteiger partial charge in [0.2, 0.25) is 0 Å². The fourth-order valence-electron chi connectivity index (χ4n) is 1.11. The molecule has 0 spiro atoms. The second kappa shape index (κ2) is 4.09. The lowest BCUT2D eigenvalue weighted by molar-refractivity contribution is 0.638. The van der Waals surface area contributed by atoms with Gasteiger partial charge in [-0.25, -0.2) is 0 Å². The normalized spacial score (nSPS) is 10.2. The second-order valence-corrected chi connectivity index (χ2v) is 3.49. The van der Waals surface area contributed by atoms with Crippen molar-refractivity contribution in [1.82, 2.24) is 9.78 Å². The van der Waals surface area contributed by atoms with Gasteiger partial charge >= 0.3 is 0 Å². The first-order valence-corrected chi connectivity index (χ1v) is 5.13. The molecule has 3 nitrogen and oxygen atoms in total. The summed E-state index contributed by atoms with van der Waals surface area (Å²) in [4.78, 5) is 0. The molecule has 0 bridgehead atoms. The molecule has 0 aliphatic rings. The van der Waals surface area contributed by atoms with E-state index in [0.717, 1.165) is 13.1 Å². The average Bonchev–Trinajstić information content (AvgIpc) is 2.75. The summed E-state index contributed by atoms with van der Waals surface area (Å²) < 4.78 is 1.92. The molecule has 4 heteroatoms. The number of hydrogen-bond donors (Lipinski definition) is 1. The van der Waals surface area contributed by atoms with Crippen molar-refractivity contribution in [1.29, 1.82) is 0 Å². The molecule has 0 saturated carbocycles. The molecular weight excluding hydrogens is 182 g/mol. The zero-order valence-corrected chi connectivity index (χ0v) is 8.00. The molecule has 0 unspecified atom stereocenters. The van der Waals surface area contributed by atoms with Crippen molar-refractivity contribution < 1.29 is 0 Å². The van der Waals surface area contributed by atoms with E-state index in [9.17, 15) is 0 Å². The third kappa shape index (κ3) is 2.32. The highest BCUT2D eigenvalue weighted by Gasteiger charge is 1.91. The van der Waals surface area contributed by atoms with E-state index >= 15 is 0 Å². The van der Waals surface area contributed by atoms with Crippen LogP contribution in [0.15, 0.2) is 35.3 Å². The smallest absolute Gasteiger partial charge is 0.0582 e. The van der Waals surface area contributed by atoms with Crippen molar-refractivity contribution >= 4 is 17.0 Å². The number of hydrogen-bond acceptors (Lipinski definition) is 3. The van der Waals surface area contributed by atoms with E-state index in [2.05, 4.69) is 27.2 Å². The standard InChI is InChI=1S/C9H11N3S/c1-3-11-12(5-1)6-4-10-9-2-7-13-8-9/h1-3,5,7-8,10H,4,6H2. The molecule has 2 heterocycles. The first-order chi connectivity index (χ1) is 6.45. The number of anilines is 1. The summed E-state index contributed by atoms with van der Waals surface area (Å²) >= 11 is 1.70. The highest BCUT2D eigenvalue weighted by atomic mass is 32.1. The van der Waals surface area contributed by atoms with Crippen molar-refractivity contribution in [3.05, 3.63) is 35.3 Å². The predicted molar refractivity (Wildman–Crippen MR) is 55.0 cm³/mol. The molecule has 68 valence electrons. The van der Waals surface area contributed by atoms with Gasteiger partial charge in [0.1, 0.15) is 0 Å². The molecule has 0 radical (unpaired) electrons. The lowest BCUT2D eigenvalue weighted by atomic mass is 10.5. The molecule has 0 amide bonds. The first-order valence-electron chi connectivity index (χ1n) is 4.18. The maximum Gasteiger partial charge on any atom is 0.0582 e. The van der Waals surface area contributed by atoms with E-state index in [0.29, 0.717) is 0 Å². The van der Waals surface area contributed by atoms with E-state index in [-0.39, 0.29) is 0 Å². The molecule has 0 aliphatic carbocycles. The summed E-state index contributed by atoms with van der Waals surface area (Å²) in [6.07, 6.45) is 3.76. The first kappa shape index (κ1) is 8.31. The average molecular weight is 193 g/mol. The fraction of sp³-hybridized carbons (Fsp3) is 0.222. The van der Waals surface area contributed by atoms with Crippen LogP contribution in [0.4, 0.5) is 5.69 Å². The number of nitrogens with zero attached hydrogens (tertiary/aromatic N) is 2. The van der Waals surface area contributed by atoms with Crippen LogP contribution in [-0.4, -0.2) is 16.3 Å². The van der Waals surface area contributed by atoms with E-state index in [4.69, 9.17) is 0 Å². The van der Waals surface area contributed by atoms with E-state index < -0.39 is 0 Å². The Hall–Kier alpha value is -1.29. The van der Waals surface area contributed by atoms with Crippen LogP contribution < -0.4 is 5.32 Å². The zero-order valence-electron chi connectivity index (χ0n) is 7.18. The Morgan fingerprint density at radius 2 is 2.54 bits per heavy atom. The fourth-order valence-corrected chi connectivity index (χ4v) is 1.72. The molecule has 0 aromatic carbocycles. The van der Waals surface area contributed by atoms with Gasteiger partial charge in [0.25, 0.3) is 0 Å². The summed E-state index contributed by atoms with van der Waals surface area (Å²) in [7, 11) is 0. The van der Waals surface area contributed by atoms with Crippen LogP contribution in [0.2, 0.25) is 0 Å². The lowest BCUT2D eigenvalue weighted by Gasteiger charge is -2.03. The Labute approximate surface area is 81.0 Å². The number of aromatic nitrogens is 2. The van der Waals surface area contributed by atoms with Crippen LogP contribution in [0.5, 0.6) is 0 Å². The molecule has 2 aromatic heterocycles. The van der Waals surface area contributed by atoms with Crippen LogP contribution in [0.1, 0.15) is 0 Å². The minimum absolute atomic E-state index is 0.906. The topological polar surface area (TPSA) is 29.9 Å². The molecule has 0 aliphatic heterocycles. The molecule has 0 atom stereocenters. The summed E-state index contributed by atoms with van der Waals surface area (Å²) in [6.45, 7) is 1.82. The van der Waals surface area contributed by atoms with Crippen LogP contribution >= 0.6 is 11.3 Å². The third-order valence-electron chi connectivity index (χ3n) is 1.75. The maximum absolute atomic E-state index is 4.11. The molecule has 2 rings (SSSR count). The second-order valence-electron chi connectivity index (χ2n) is 2.71. The SMILES string of the molecule is c1cnn(CCNc2ccsc2)c1. The zero-order chi connectivity index (χ0) is 8.93. The minimum Gasteiger partial charge on any atom is -0.383 e. The molecular formula is C9H11N3S. The highest BCUT2D eigenvalue weighted by molar-refractivity contribution is 7.08. The van der Waals surface area contributed by atoms with Crippen LogP contribution in [-0.2, 0) is 6.54 Å². The monoisotopic (exact) mass is 193 g/mol. The summed E-state index contributed by atoms with van der Waals surface area (Å²) in [5.41, 5.74) is 1.19. The van der Waals surface area contributed by atoms with Gasteiger partial charge in [-0.05, 0) is 17.5 Å². The number of nitrogens with one attached hydrogen (secondary N) is 1. The minimum atomic E-state index is 0.906. The number of thiophene rings is 1. The van der Waals surface area contributed by atoms with Crippen molar-refractivity contribution in [2.75, 3.05) is 11.9 Å². The summed E-state index contributed by atoms with van der Waals surface area (Å²) in [5.74, 6) is 0. The Morgan fingerprint density at radius 1 is 1.54 bits per heavy atom. The Balaban J connectivity index is 1.76. The van der Waals surface area contributed by atoms with Gasteiger partial charge in [-0.1, -0.05) is 0 Å². The van der Waals surface area contributed by atoms with Crippen LogP contribution in [0.3, 0.4) is 0 Å². The molecule has 13 heavy (non-hydrogen) atoms. The van der Waals surface area contributed by atoms with Gasteiger partial charge in [-0.3, -0.25) is 4.68 Å². The lowest BCUT2D eigenvalue weighted by Crippen LogP contribution is -2.10.